The number of pyridine rings is 1. The molecule has 0 unspecified atom stereocenters. The maximum atomic E-state index is 12.6. The van der Waals surface area contributed by atoms with E-state index in [1.807, 2.05) is 13.8 Å². The number of likely N-dealkylation sites (N-methyl/N-ethyl adjacent to an activating group) is 1. The summed E-state index contributed by atoms with van der Waals surface area (Å²) >= 11 is 0. The summed E-state index contributed by atoms with van der Waals surface area (Å²) in [6.45, 7) is 10.9. The number of nitrogens with one attached hydrogen (secondary N) is 1. The van der Waals surface area contributed by atoms with Crippen LogP contribution in [0.15, 0.2) is 18.3 Å². The van der Waals surface area contributed by atoms with Crippen LogP contribution in [-0.2, 0) is 6.54 Å². The van der Waals surface area contributed by atoms with Gasteiger partial charge in [-0.15, -0.1) is 0 Å². The van der Waals surface area contributed by atoms with E-state index in [2.05, 4.69) is 33.8 Å². The summed E-state index contributed by atoms with van der Waals surface area (Å²) in [6, 6.07) is 2.83. The SMILES string of the molecule is CCN(CC)CCN(CC(C)C)C(=O)NCc1ccnc(OCC(F)(F)F)c1. The van der Waals surface area contributed by atoms with Gasteiger partial charge in [-0.2, -0.15) is 13.2 Å². The average Bonchev–Trinajstić information content (AvgIpc) is 2.63. The summed E-state index contributed by atoms with van der Waals surface area (Å²) in [5, 5.41) is 2.83. The summed E-state index contributed by atoms with van der Waals surface area (Å²) in [7, 11) is 0. The molecule has 2 amide bonds. The molecule has 0 aliphatic heterocycles. The van der Waals surface area contributed by atoms with Crippen molar-refractivity contribution in [3.63, 3.8) is 0 Å². The molecule has 1 heterocycles. The first-order valence-corrected chi connectivity index (χ1v) is 9.54. The molecule has 0 saturated heterocycles. The third-order valence-corrected chi connectivity index (χ3v) is 4.08. The van der Waals surface area contributed by atoms with Gasteiger partial charge in [-0.05, 0) is 30.6 Å². The van der Waals surface area contributed by atoms with E-state index in [-0.39, 0.29) is 18.5 Å². The second kappa shape index (κ2) is 11.7. The van der Waals surface area contributed by atoms with Gasteiger partial charge in [0.1, 0.15) is 0 Å². The molecule has 0 bridgehead atoms. The van der Waals surface area contributed by atoms with Crippen molar-refractivity contribution < 1.29 is 22.7 Å². The number of alkyl halides is 3. The van der Waals surface area contributed by atoms with Gasteiger partial charge in [0.15, 0.2) is 6.61 Å². The number of nitrogens with zero attached hydrogens (tertiary/aromatic N) is 3. The monoisotopic (exact) mass is 404 g/mol. The molecule has 1 aromatic heterocycles. The van der Waals surface area contributed by atoms with E-state index in [4.69, 9.17) is 0 Å². The number of rotatable bonds is 11. The van der Waals surface area contributed by atoms with Crippen molar-refractivity contribution in [2.75, 3.05) is 39.3 Å². The highest BCUT2D eigenvalue weighted by atomic mass is 19.4. The lowest BCUT2D eigenvalue weighted by atomic mass is 10.2. The maximum absolute atomic E-state index is 12.6. The van der Waals surface area contributed by atoms with E-state index >= 15 is 0 Å². The summed E-state index contributed by atoms with van der Waals surface area (Å²) in [5.74, 6) is 0.204. The summed E-state index contributed by atoms with van der Waals surface area (Å²) in [6.07, 6.45) is -3.06. The Morgan fingerprint density at radius 1 is 1.25 bits per heavy atom. The van der Waals surface area contributed by atoms with E-state index in [9.17, 15) is 18.0 Å². The standard InChI is InChI=1S/C19H31F3N4O2/c1-5-25(6-2)9-10-26(13-15(3)4)18(27)24-12-16-7-8-23-17(11-16)28-14-19(20,21)22/h7-8,11,15H,5-6,9-10,12-14H2,1-4H3,(H,24,27). The van der Waals surface area contributed by atoms with Gasteiger partial charge in [-0.3, -0.25) is 0 Å². The fourth-order valence-corrected chi connectivity index (χ4v) is 2.60. The maximum Gasteiger partial charge on any atom is 0.422 e. The number of hydrogen-bond acceptors (Lipinski definition) is 4. The van der Waals surface area contributed by atoms with Crippen molar-refractivity contribution in [2.24, 2.45) is 5.92 Å². The molecule has 0 spiro atoms. The molecule has 0 saturated carbocycles. The van der Waals surface area contributed by atoms with Gasteiger partial charge >= 0.3 is 12.2 Å². The number of aromatic nitrogens is 1. The van der Waals surface area contributed by atoms with Gasteiger partial charge < -0.3 is 19.9 Å². The number of halogens is 3. The molecule has 6 nitrogen and oxygen atoms in total. The Hall–Kier alpha value is -2.03. The normalized spacial score (nSPS) is 11.8. The van der Waals surface area contributed by atoms with Crippen LogP contribution in [0.3, 0.4) is 0 Å². The van der Waals surface area contributed by atoms with Crippen LogP contribution in [0.4, 0.5) is 18.0 Å². The molecule has 1 aromatic rings. The average molecular weight is 404 g/mol. The summed E-state index contributed by atoms with van der Waals surface area (Å²) in [5.41, 5.74) is 0.619. The van der Waals surface area contributed by atoms with E-state index in [0.29, 0.717) is 24.6 Å². The Balaban J connectivity index is 2.62. The molecule has 0 aliphatic rings. The van der Waals surface area contributed by atoms with Crippen LogP contribution in [0.2, 0.25) is 0 Å². The molecule has 0 fully saturated rings. The highest BCUT2D eigenvalue weighted by Gasteiger charge is 2.28. The smallest absolute Gasteiger partial charge is 0.422 e. The number of hydrogen-bond donors (Lipinski definition) is 1. The van der Waals surface area contributed by atoms with Crippen molar-refractivity contribution >= 4 is 6.03 Å². The van der Waals surface area contributed by atoms with Crippen LogP contribution in [0.25, 0.3) is 0 Å². The number of amides is 2. The molecule has 9 heteroatoms. The summed E-state index contributed by atoms with van der Waals surface area (Å²) in [4.78, 5) is 20.4. The Morgan fingerprint density at radius 2 is 1.93 bits per heavy atom. The Kier molecular flexibility index (Phi) is 10.1. The highest BCUT2D eigenvalue weighted by molar-refractivity contribution is 5.74. The number of carbonyl (C=O) groups is 1. The first-order valence-electron chi connectivity index (χ1n) is 9.54. The van der Waals surface area contributed by atoms with Crippen molar-refractivity contribution in [1.82, 2.24) is 20.1 Å². The van der Waals surface area contributed by atoms with Crippen molar-refractivity contribution in [3.8, 4) is 5.88 Å². The minimum absolute atomic E-state index is 0.121. The molecule has 0 radical (unpaired) electrons. The largest absolute Gasteiger partial charge is 0.468 e. The second-order valence-corrected chi connectivity index (χ2v) is 6.93. The van der Waals surface area contributed by atoms with E-state index in [0.717, 1.165) is 19.6 Å². The van der Waals surface area contributed by atoms with Gasteiger partial charge in [-0.25, -0.2) is 9.78 Å². The molecule has 0 aliphatic carbocycles. The van der Waals surface area contributed by atoms with Crippen molar-refractivity contribution in [1.29, 1.82) is 0 Å². The molecule has 1 N–H and O–H groups in total. The van der Waals surface area contributed by atoms with Gasteiger partial charge in [0.05, 0.1) is 0 Å². The zero-order valence-electron chi connectivity index (χ0n) is 17.1. The van der Waals surface area contributed by atoms with E-state index in [1.165, 1.54) is 12.3 Å². The second-order valence-electron chi connectivity index (χ2n) is 6.93. The highest BCUT2D eigenvalue weighted by Crippen LogP contribution is 2.17. The zero-order valence-corrected chi connectivity index (χ0v) is 17.1. The van der Waals surface area contributed by atoms with Crippen LogP contribution in [-0.4, -0.2) is 66.3 Å². The van der Waals surface area contributed by atoms with Crippen LogP contribution >= 0.6 is 0 Å². The molecular weight excluding hydrogens is 373 g/mol. The zero-order chi connectivity index (χ0) is 21.2. The predicted octanol–water partition coefficient (Wildman–Crippen LogP) is 3.53. The van der Waals surface area contributed by atoms with Crippen LogP contribution < -0.4 is 10.1 Å². The fourth-order valence-electron chi connectivity index (χ4n) is 2.60. The van der Waals surface area contributed by atoms with E-state index < -0.39 is 12.8 Å². The predicted molar refractivity (Wildman–Crippen MR) is 102 cm³/mol. The van der Waals surface area contributed by atoms with Crippen LogP contribution in [0.5, 0.6) is 5.88 Å². The van der Waals surface area contributed by atoms with Crippen LogP contribution in [0.1, 0.15) is 33.3 Å². The Labute approximate surface area is 165 Å². The lowest BCUT2D eigenvalue weighted by Gasteiger charge is -2.28. The van der Waals surface area contributed by atoms with Crippen molar-refractivity contribution in [3.05, 3.63) is 23.9 Å². The molecule has 28 heavy (non-hydrogen) atoms. The molecule has 1 rings (SSSR count). The lowest BCUT2D eigenvalue weighted by Crippen LogP contribution is -2.45. The Morgan fingerprint density at radius 3 is 2.50 bits per heavy atom. The Bertz CT molecular complexity index is 593. The quantitative estimate of drug-likeness (QED) is 0.613. The molecule has 160 valence electrons. The molecular formula is C19H31F3N4O2. The van der Waals surface area contributed by atoms with E-state index in [1.54, 1.807) is 11.0 Å². The minimum Gasteiger partial charge on any atom is -0.468 e. The van der Waals surface area contributed by atoms with Crippen LogP contribution in [0, 0.1) is 5.92 Å². The fraction of sp³-hybridized carbons (Fsp3) is 0.684. The van der Waals surface area contributed by atoms with Gasteiger partial charge in [0.2, 0.25) is 5.88 Å². The lowest BCUT2D eigenvalue weighted by molar-refractivity contribution is -0.154. The van der Waals surface area contributed by atoms with Gasteiger partial charge in [-0.1, -0.05) is 27.7 Å². The first-order chi connectivity index (χ1) is 13.1. The third-order valence-electron chi connectivity index (χ3n) is 4.08. The van der Waals surface area contributed by atoms with Crippen molar-refractivity contribution in [2.45, 2.75) is 40.4 Å². The first kappa shape index (κ1) is 24.0. The van der Waals surface area contributed by atoms with Gasteiger partial charge in [0, 0.05) is 38.4 Å². The number of carbonyl (C=O) groups excluding carboxylic acids is 1. The molecule has 0 aromatic carbocycles. The third kappa shape index (κ3) is 9.77. The minimum atomic E-state index is -4.42. The van der Waals surface area contributed by atoms with Gasteiger partial charge in [0.25, 0.3) is 0 Å². The number of ether oxygens (including phenoxy) is 1. The summed E-state index contributed by atoms with van der Waals surface area (Å²) < 4.78 is 41.4. The molecule has 0 atom stereocenters. The topological polar surface area (TPSA) is 57.7 Å². The number of urea groups is 1.